The van der Waals surface area contributed by atoms with E-state index in [1.165, 1.54) is 4.91 Å². The largest absolute Gasteiger partial charge is 0.494 e. The summed E-state index contributed by atoms with van der Waals surface area (Å²) in [6.45, 7) is 9.35. The van der Waals surface area contributed by atoms with Crippen molar-refractivity contribution < 1.29 is 4.74 Å². The first-order valence-corrected chi connectivity index (χ1v) is 7.89. The van der Waals surface area contributed by atoms with Crippen molar-refractivity contribution >= 4 is 17.4 Å². The summed E-state index contributed by atoms with van der Waals surface area (Å²) in [4.78, 5) is 3.71. The molecule has 1 N–H and O–H groups in total. The Morgan fingerprint density at radius 2 is 1.95 bits per heavy atom. The third-order valence-electron chi connectivity index (χ3n) is 3.57. The molecule has 0 saturated carbocycles. The van der Waals surface area contributed by atoms with Crippen LogP contribution in [-0.2, 0) is 0 Å². The first kappa shape index (κ1) is 15.3. The van der Waals surface area contributed by atoms with Gasteiger partial charge in [-0.05, 0) is 63.9 Å². The first-order chi connectivity index (χ1) is 9.42. The molecule has 0 saturated heterocycles. The fraction of sp³-hybridized carbons (Fsp3) is 0.500. The normalized spacial score (nSPS) is 22.2. The molecule has 1 aliphatic heterocycles. The van der Waals surface area contributed by atoms with E-state index in [9.17, 15) is 0 Å². The second-order valence-electron chi connectivity index (χ2n) is 5.59. The molecule has 0 amide bonds. The van der Waals surface area contributed by atoms with Crippen molar-refractivity contribution in [3.63, 3.8) is 0 Å². The lowest BCUT2D eigenvalue weighted by Gasteiger charge is -2.43. The second kappa shape index (κ2) is 6.10. The van der Waals surface area contributed by atoms with Crippen LogP contribution >= 0.6 is 11.8 Å². The topological polar surface area (TPSA) is 24.5 Å². The van der Waals surface area contributed by atoms with Gasteiger partial charge < -0.3 is 10.1 Å². The van der Waals surface area contributed by atoms with Crippen LogP contribution in [0.4, 0.5) is 5.69 Å². The number of ether oxygens (including phenoxy) is 1. The highest BCUT2D eigenvalue weighted by molar-refractivity contribution is 8.03. The number of thioether (sulfide) groups is 1. The van der Waals surface area contributed by atoms with E-state index in [4.69, 9.17) is 4.74 Å². The Morgan fingerprint density at radius 1 is 1.30 bits per heavy atom. The van der Waals surface area contributed by atoms with Crippen LogP contribution in [0, 0.1) is 0 Å². The van der Waals surface area contributed by atoms with Crippen molar-refractivity contribution in [2.24, 2.45) is 0 Å². The zero-order valence-electron chi connectivity index (χ0n) is 12.9. The Bertz CT molecular complexity index is 482. The predicted octanol–water partition coefficient (Wildman–Crippen LogP) is 4.14. The number of rotatable bonds is 4. The molecule has 1 unspecified atom stereocenters. The van der Waals surface area contributed by atoms with Crippen LogP contribution < -0.4 is 10.1 Å². The van der Waals surface area contributed by atoms with E-state index in [-0.39, 0.29) is 11.0 Å². The highest BCUT2D eigenvalue weighted by Crippen LogP contribution is 2.36. The number of nitrogens with one attached hydrogen (secondary N) is 1. The van der Waals surface area contributed by atoms with Gasteiger partial charge in [-0.2, -0.15) is 0 Å². The van der Waals surface area contributed by atoms with Crippen molar-refractivity contribution in [3.8, 4) is 5.75 Å². The molecule has 3 nitrogen and oxygen atoms in total. The fourth-order valence-corrected chi connectivity index (χ4v) is 3.61. The average Bonchev–Trinajstić information content (AvgIpc) is 2.37. The van der Waals surface area contributed by atoms with Crippen LogP contribution in [0.3, 0.4) is 0 Å². The molecular weight excluding hydrogens is 268 g/mol. The highest BCUT2D eigenvalue weighted by Gasteiger charge is 2.32. The van der Waals surface area contributed by atoms with E-state index < -0.39 is 0 Å². The summed E-state index contributed by atoms with van der Waals surface area (Å²) in [5, 5.41) is 3.58. The molecule has 0 aromatic heterocycles. The van der Waals surface area contributed by atoms with Crippen LogP contribution in [0.15, 0.2) is 35.2 Å². The summed E-state index contributed by atoms with van der Waals surface area (Å²) in [5.74, 6) is 0.916. The molecule has 1 aromatic rings. The summed E-state index contributed by atoms with van der Waals surface area (Å²) in [6, 6.07) is 8.15. The van der Waals surface area contributed by atoms with Crippen LogP contribution in [0.2, 0.25) is 0 Å². The lowest BCUT2D eigenvalue weighted by atomic mass is 10.0. The third kappa shape index (κ3) is 3.49. The van der Waals surface area contributed by atoms with Crippen LogP contribution in [0.5, 0.6) is 5.75 Å². The van der Waals surface area contributed by atoms with Gasteiger partial charge in [0.05, 0.1) is 6.61 Å². The molecule has 4 heteroatoms. The molecule has 1 aromatic carbocycles. The maximum atomic E-state index is 5.47. The Labute approximate surface area is 126 Å². The molecule has 0 bridgehead atoms. The number of hydrogen-bond donors (Lipinski definition) is 1. The lowest BCUT2D eigenvalue weighted by molar-refractivity contribution is 0.198. The summed E-state index contributed by atoms with van der Waals surface area (Å²) in [6.07, 6.45) is 2.31. The van der Waals surface area contributed by atoms with Gasteiger partial charge in [0.15, 0.2) is 0 Å². The highest BCUT2D eigenvalue weighted by atomic mass is 32.2. The molecule has 2 rings (SSSR count). The minimum absolute atomic E-state index is 0.0677. The van der Waals surface area contributed by atoms with E-state index in [0.29, 0.717) is 6.61 Å². The molecule has 0 radical (unpaired) electrons. The number of benzene rings is 1. The Morgan fingerprint density at radius 3 is 2.55 bits per heavy atom. The predicted molar refractivity (Wildman–Crippen MR) is 88.2 cm³/mol. The van der Waals surface area contributed by atoms with Gasteiger partial charge in [-0.25, -0.2) is 0 Å². The first-order valence-electron chi connectivity index (χ1n) is 7.01. The summed E-state index contributed by atoms with van der Waals surface area (Å²) in [7, 11) is 2.15. The van der Waals surface area contributed by atoms with Crippen molar-refractivity contribution in [2.45, 2.75) is 38.7 Å². The fourth-order valence-electron chi connectivity index (χ4n) is 2.27. The second-order valence-corrected chi connectivity index (χ2v) is 6.92. The number of nitrogens with zero attached hydrogens (tertiary/aromatic N) is 1. The SMILES string of the molecule is CCOc1ccc(NC2SC(C)=CC(C)(C)N2C)cc1. The number of allylic oxidation sites excluding steroid dienone is 1. The average molecular weight is 292 g/mol. The van der Waals surface area contributed by atoms with Crippen LogP contribution in [0.25, 0.3) is 0 Å². The zero-order valence-corrected chi connectivity index (χ0v) is 13.8. The van der Waals surface area contributed by atoms with Gasteiger partial charge in [0.25, 0.3) is 0 Å². The quantitative estimate of drug-likeness (QED) is 0.901. The van der Waals surface area contributed by atoms with Crippen molar-refractivity contribution in [3.05, 3.63) is 35.2 Å². The van der Waals surface area contributed by atoms with Crippen LogP contribution in [-0.4, -0.2) is 29.6 Å². The molecule has 0 fully saturated rings. The molecule has 1 atom stereocenters. The van der Waals surface area contributed by atoms with E-state index in [0.717, 1.165) is 11.4 Å². The standard InChI is InChI=1S/C16H24N2OS/c1-6-19-14-9-7-13(8-10-14)17-15-18(5)16(3,4)11-12(2)20-15/h7-11,15,17H,6H2,1-5H3. The summed E-state index contributed by atoms with van der Waals surface area (Å²) >= 11 is 1.85. The minimum Gasteiger partial charge on any atom is -0.494 e. The number of likely N-dealkylation sites (N-methyl/N-ethyl adjacent to an activating group) is 1. The minimum atomic E-state index is 0.0677. The van der Waals surface area contributed by atoms with Crippen molar-refractivity contribution in [1.29, 1.82) is 0 Å². The maximum absolute atomic E-state index is 5.47. The third-order valence-corrected chi connectivity index (χ3v) is 4.72. The van der Waals surface area contributed by atoms with Gasteiger partial charge in [-0.1, -0.05) is 17.8 Å². The number of hydrogen-bond acceptors (Lipinski definition) is 4. The Balaban J connectivity index is 2.08. The monoisotopic (exact) mass is 292 g/mol. The summed E-state index contributed by atoms with van der Waals surface area (Å²) in [5.41, 5.74) is 1.43. The van der Waals surface area contributed by atoms with Gasteiger partial charge in [-0.3, -0.25) is 4.90 Å². The van der Waals surface area contributed by atoms with Gasteiger partial charge in [0.2, 0.25) is 0 Å². The Hall–Kier alpha value is -1.13. The van der Waals surface area contributed by atoms with Gasteiger partial charge >= 0.3 is 0 Å². The van der Waals surface area contributed by atoms with E-state index in [1.54, 1.807) is 0 Å². The molecule has 1 aliphatic rings. The smallest absolute Gasteiger partial charge is 0.132 e. The van der Waals surface area contributed by atoms with E-state index in [2.05, 4.69) is 56.2 Å². The van der Waals surface area contributed by atoms with Crippen molar-refractivity contribution in [2.75, 3.05) is 19.0 Å². The number of anilines is 1. The molecule has 110 valence electrons. The lowest BCUT2D eigenvalue weighted by Crippen LogP contribution is -2.50. The summed E-state index contributed by atoms with van der Waals surface area (Å²) < 4.78 is 5.47. The van der Waals surface area contributed by atoms with E-state index >= 15 is 0 Å². The molecule has 0 spiro atoms. The van der Waals surface area contributed by atoms with Gasteiger partial charge in [0, 0.05) is 11.2 Å². The van der Waals surface area contributed by atoms with Crippen LogP contribution in [0.1, 0.15) is 27.7 Å². The van der Waals surface area contributed by atoms with Gasteiger partial charge in [0.1, 0.15) is 11.2 Å². The molecule has 20 heavy (non-hydrogen) atoms. The Kier molecular flexibility index (Phi) is 4.66. The maximum Gasteiger partial charge on any atom is 0.132 e. The van der Waals surface area contributed by atoms with Gasteiger partial charge in [-0.15, -0.1) is 0 Å². The molecular formula is C16H24N2OS. The van der Waals surface area contributed by atoms with Crippen molar-refractivity contribution in [1.82, 2.24) is 4.90 Å². The zero-order chi connectivity index (χ0) is 14.8. The molecule has 0 aliphatic carbocycles. The van der Waals surface area contributed by atoms with E-state index in [1.807, 2.05) is 30.8 Å². The molecule has 1 heterocycles.